The number of aromatic nitrogens is 2. The van der Waals surface area contributed by atoms with Gasteiger partial charge < -0.3 is 19.3 Å². The lowest BCUT2D eigenvalue weighted by Crippen LogP contribution is -2.59. The van der Waals surface area contributed by atoms with Gasteiger partial charge in [-0.15, -0.1) is 0 Å². The number of likely N-dealkylation sites (N-methyl/N-ethyl adjacent to an activating group) is 1. The number of carbonyl (C=O) groups excluding carboxylic acids is 1. The van der Waals surface area contributed by atoms with Crippen molar-refractivity contribution >= 4 is 17.1 Å². The largest absolute Gasteiger partial charge is 0.343 e. The number of fused-ring (bicyclic) bond motifs is 3. The second kappa shape index (κ2) is 6.23. The average Bonchev–Trinajstić information content (AvgIpc) is 2.97. The highest BCUT2D eigenvalue weighted by molar-refractivity contribution is 5.83. The number of nitrogens with zero attached hydrogens (tertiary/aromatic N) is 4. The number of carbonyl (C=O) groups is 1. The van der Waals surface area contributed by atoms with Gasteiger partial charge in [-0.3, -0.25) is 0 Å². The second-order valence-corrected chi connectivity index (χ2v) is 9.63. The number of amides is 2. The third-order valence-corrected chi connectivity index (χ3v) is 6.34. The third-order valence-electron chi connectivity index (χ3n) is 6.34. The number of pyridine rings is 1. The van der Waals surface area contributed by atoms with E-state index in [0.717, 1.165) is 49.4 Å². The lowest BCUT2D eigenvalue weighted by Gasteiger charge is -2.41. The highest BCUT2D eigenvalue weighted by Crippen LogP contribution is 2.40. The van der Waals surface area contributed by atoms with Gasteiger partial charge in [0.1, 0.15) is 5.65 Å². The molecule has 0 saturated carbocycles. The van der Waals surface area contributed by atoms with Crippen molar-refractivity contribution in [2.75, 3.05) is 53.4 Å². The van der Waals surface area contributed by atoms with Crippen LogP contribution in [0.3, 0.4) is 0 Å². The van der Waals surface area contributed by atoms with Crippen LogP contribution in [0.15, 0.2) is 18.3 Å². The molecule has 27 heavy (non-hydrogen) atoms. The number of hydrogen-bond acceptors (Lipinski definition) is 2. The number of quaternary nitrogens is 1. The van der Waals surface area contributed by atoms with E-state index in [1.165, 1.54) is 16.6 Å². The molecule has 1 saturated heterocycles. The molecule has 6 heteroatoms. The zero-order valence-corrected chi connectivity index (χ0v) is 17.2. The van der Waals surface area contributed by atoms with Gasteiger partial charge in [-0.1, -0.05) is 20.8 Å². The molecular formula is C21H32N5O+. The minimum absolute atomic E-state index is 0.123. The van der Waals surface area contributed by atoms with Crippen LogP contribution in [0.1, 0.15) is 37.9 Å². The van der Waals surface area contributed by atoms with Gasteiger partial charge in [0.15, 0.2) is 0 Å². The predicted octanol–water partition coefficient (Wildman–Crippen LogP) is 2.77. The zero-order chi connectivity index (χ0) is 19.4. The number of nitrogens with one attached hydrogen (secondary N) is 1. The van der Waals surface area contributed by atoms with Gasteiger partial charge in [-0.25, -0.2) is 9.78 Å². The molecule has 6 nitrogen and oxygen atoms in total. The Kier molecular flexibility index (Phi) is 4.22. The first kappa shape index (κ1) is 18.3. The summed E-state index contributed by atoms with van der Waals surface area (Å²) in [6, 6.07) is 4.34. The summed E-state index contributed by atoms with van der Waals surface area (Å²) in [5, 5.41) is 1.19. The fourth-order valence-corrected chi connectivity index (χ4v) is 4.73. The molecule has 146 valence electrons. The first-order valence-electron chi connectivity index (χ1n) is 10.0. The maximum Gasteiger partial charge on any atom is 0.320 e. The first-order chi connectivity index (χ1) is 12.7. The highest BCUT2D eigenvalue weighted by Gasteiger charge is 2.39. The van der Waals surface area contributed by atoms with Crippen molar-refractivity contribution in [3.8, 4) is 0 Å². The van der Waals surface area contributed by atoms with E-state index in [0.29, 0.717) is 0 Å². The highest BCUT2D eigenvalue weighted by atomic mass is 16.2. The van der Waals surface area contributed by atoms with Crippen molar-refractivity contribution in [2.45, 2.75) is 32.1 Å². The molecule has 0 radical (unpaired) electrons. The monoisotopic (exact) mass is 370 g/mol. The maximum atomic E-state index is 13.3. The van der Waals surface area contributed by atoms with Crippen LogP contribution in [0.4, 0.5) is 4.79 Å². The number of urea groups is 1. The Morgan fingerprint density at radius 1 is 1.26 bits per heavy atom. The molecule has 2 amide bonds. The summed E-state index contributed by atoms with van der Waals surface area (Å²) in [6.07, 6.45) is 1.84. The van der Waals surface area contributed by atoms with Gasteiger partial charge in [-0.05, 0) is 17.7 Å². The summed E-state index contributed by atoms with van der Waals surface area (Å²) < 4.78 is 0.995. The van der Waals surface area contributed by atoms with E-state index < -0.39 is 0 Å². The van der Waals surface area contributed by atoms with Crippen LogP contribution in [-0.2, 0) is 5.41 Å². The third kappa shape index (κ3) is 3.20. The Labute approximate surface area is 161 Å². The summed E-state index contributed by atoms with van der Waals surface area (Å²) in [5.74, 6) is 0.261. The minimum Gasteiger partial charge on any atom is -0.343 e. The first-order valence-corrected chi connectivity index (χ1v) is 10.0. The van der Waals surface area contributed by atoms with Crippen LogP contribution in [0.25, 0.3) is 11.0 Å². The molecule has 1 fully saturated rings. The quantitative estimate of drug-likeness (QED) is 0.725. The van der Waals surface area contributed by atoms with Crippen molar-refractivity contribution < 1.29 is 9.28 Å². The molecule has 1 N–H and O–H groups in total. The van der Waals surface area contributed by atoms with Crippen molar-refractivity contribution in [2.24, 2.45) is 0 Å². The van der Waals surface area contributed by atoms with E-state index >= 15 is 0 Å². The van der Waals surface area contributed by atoms with Crippen molar-refractivity contribution in [3.63, 3.8) is 0 Å². The van der Waals surface area contributed by atoms with Crippen molar-refractivity contribution in [1.82, 2.24) is 19.8 Å². The molecule has 2 aliphatic heterocycles. The fourth-order valence-electron chi connectivity index (χ4n) is 4.73. The van der Waals surface area contributed by atoms with Crippen LogP contribution in [0.2, 0.25) is 0 Å². The van der Waals surface area contributed by atoms with E-state index in [1.807, 2.05) is 17.2 Å². The Morgan fingerprint density at radius 3 is 2.67 bits per heavy atom. The summed E-state index contributed by atoms with van der Waals surface area (Å²) in [4.78, 5) is 25.5. The van der Waals surface area contributed by atoms with Gasteiger partial charge in [0.05, 0.1) is 40.3 Å². The predicted molar refractivity (Wildman–Crippen MR) is 108 cm³/mol. The number of H-pyrrole nitrogens is 1. The van der Waals surface area contributed by atoms with Crippen LogP contribution < -0.4 is 0 Å². The summed E-state index contributed by atoms with van der Waals surface area (Å²) in [7, 11) is 4.48. The van der Waals surface area contributed by atoms with Gasteiger partial charge in [0.2, 0.25) is 0 Å². The molecule has 0 bridgehead atoms. The Balaban J connectivity index is 1.63. The molecular weight excluding hydrogens is 338 g/mol. The Hall–Kier alpha value is -2.08. The summed E-state index contributed by atoms with van der Waals surface area (Å²) >= 11 is 0. The van der Waals surface area contributed by atoms with Crippen LogP contribution >= 0.6 is 0 Å². The SMILES string of the molecule is CC1CN(C(=O)N2CC[N+](C)(C)CC2)CC(C)(C)c2c1[nH]c1ncccc21. The van der Waals surface area contributed by atoms with E-state index in [9.17, 15) is 4.79 Å². The number of piperazine rings is 1. The lowest BCUT2D eigenvalue weighted by atomic mass is 9.82. The zero-order valence-electron chi connectivity index (χ0n) is 17.2. The standard InChI is InChI=1S/C21H32N5O/c1-15-13-25(20(27)24-9-11-26(4,5)12-10-24)14-21(2,3)17-16-7-6-8-22-19(16)23-18(15)17/h6-8,15H,9-14H2,1-5H3,(H,22,23)/q+1. The van der Waals surface area contributed by atoms with Crippen LogP contribution in [0.5, 0.6) is 0 Å². The van der Waals surface area contributed by atoms with Gasteiger partial charge in [0.25, 0.3) is 0 Å². The summed E-state index contributed by atoms with van der Waals surface area (Å²) in [6.45, 7) is 11.9. The van der Waals surface area contributed by atoms with E-state index in [2.05, 4.69) is 55.8 Å². The van der Waals surface area contributed by atoms with Gasteiger partial charge >= 0.3 is 6.03 Å². The molecule has 2 aliphatic rings. The minimum atomic E-state index is -0.123. The molecule has 0 aliphatic carbocycles. The molecule has 1 atom stereocenters. The second-order valence-electron chi connectivity index (χ2n) is 9.63. The maximum absolute atomic E-state index is 13.3. The van der Waals surface area contributed by atoms with E-state index in [1.54, 1.807) is 0 Å². The Bertz CT molecular complexity index is 859. The van der Waals surface area contributed by atoms with Crippen LogP contribution in [0, 0.1) is 0 Å². The fraction of sp³-hybridized carbons (Fsp3) is 0.619. The molecule has 2 aromatic heterocycles. The lowest BCUT2D eigenvalue weighted by molar-refractivity contribution is -0.894. The molecule has 0 aromatic carbocycles. The van der Waals surface area contributed by atoms with Crippen molar-refractivity contribution in [1.29, 1.82) is 0 Å². The molecule has 2 aromatic rings. The van der Waals surface area contributed by atoms with E-state index in [-0.39, 0.29) is 17.4 Å². The smallest absolute Gasteiger partial charge is 0.320 e. The van der Waals surface area contributed by atoms with Gasteiger partial charge in [0, 0.05) is 41.7 Å². The Morgan fingerprint density at radius 2 is 1.96 bits per heavy atom. The van der Waals surface area contributed by atoms with Crippen LogP contribution in [-0.4, -0.2) is 83.6 Å². The van der Waals surface area contributed by atoms with Gasteiger partial charge in [-0.2, -0.15) is 0 Å². The van der Waals surface area contributed by atoms with Crippen molar-refractivity contribution in [3.05, 3.63) is 29.6 Å². The van der Waals surface area contributed by atoms with E-state index in [4.69, 9.17) is 0 Å². The normalized spacial score (nSPS) is 24.6. The molecule has 4 rings (SSSR count). The summed E-state index contributed by atoms with van der Waals surface area (Å²) in [5.41, 5.74) is 3.39. The molecule has 4 heterocycles. The number of rotatable bonds is 0. The topological polar surface area (TPSA) is 52.2 Å². The molecule has 1 unspecified atom stereocenters. The average molecular weight is 371 g/mol. The molecule has 0 spiro atoms. The number of aromatic amines is 1. The number of hydrogen-bond donors (Lipinski definition) is 1.